The van der Waals surface area contributed by atoms with Crippen molar-refractivity contribution in [3.8, 4) is 5.88 Å². The Balaban J connectivity index is 1.86. The SMILES string of the molecule is COc1cc(CNC(=O)C(C)Sc2ccc(Cl)cc2)ccn1. The van der Waals surface area contributed by atoms with E-state index in [4.69, 9.17) is 16.3 Å². The fourth-order valence-corrected chi connectivity index (χ4v) is 2.79. The minimum absolute atomic E-state index is 0.0178. The van der Waals surface area contributed by atoms with Crippen LogP contribution in [0.5, 0.6) is 5.88 Å². The predicted molar refractivity (Wildman–Crippen MR) is 89.4 cm³/mol. The molecule has 1 aromatic carbocycles. The number of ether oxygens (including phenoxy) is 1. The monoisotopic (exact) mass is 336 g/mol. The van der Waals surface area contributed by atoms with Crippen LogP contribution in [0, 0.1) is 0 Å². The molecule has 0 saturated heterocycles. The number of hydrogen-bond acceptors (Lipinski definition) is 4. The molecule has 0 bridgehead atoms. The second-order valence-corrected chi connectivity index (χ2v) is 6.49. The first-order chi connectivity index (χ1) is 10.6. The number of hydrogen-bond donors (Lipinski definition) is 1. The summed E-state index contributed by atoms with van der Waals surface area (Å²) in [6.07, 6.45) is 1.66. The summed E-state index contributed by atoms with van der Waals surface area (Å²) in [4.78, 5) is 17.2. The Bertz CT molecular complexity index is 634. The molecule has 116 valence electrons. The van der Waals surface area contributed by atoms with E-state index in [0.29, 0.717) is 17.4 Å². The fraction of sp³-hybridized carbons (Fsp3) is 0.250. The first-order valence-electron chi connectivity index (χ1n) is 6.77. The van der Waals surface area contributed by atoms with Crippen molar-refractivity contribution in [3.05, 3.63) is 53.2 Å². The lowest BCUT2D eigenvalue weighted by Gasteiger charge is -2.12. The van der Waals surface area contributed by atoms with E-state index in [1.54, 1.807) is 19.4 Å². The molecule has 0 fully saturated rings. The van der Waals surface area contributed by atoms with Crippen molar-refractivity contribution < 1.29 is 9.53 Å². The lowest BCUT2D eigenvalue weighted by molar-refractivity contribution is -0.120. The van der Waals surface area contributed by atoms with Gasteiger partial charge >= 0.3 is 0 Å². The molecule has 2 rings (SSSR count). The van der Waals surface area contributed by atoms with E-state index in [-0.39, 0.29) is 11.2 Å². The Labute approximate surface area is 139 Å². The number of carbonyl (C=O) groups is 1. The summed E-state index contributed by atoms with van der Waals surface area (Å²) >= 11 is 7.34. The minimum atomic E-state index is -0.190. The quantitative estimate of drug-likeness (QED) is 0.820. The van der Waals surface area contributed by atoms with Gasteiger partial charge < -0.3 is 10.1 Å². The Morgan fingerprint density at radius 1 is 1.36 bits per heavy atom. The third kappa shape index (κ3) is 4.93. The van der Waals surface area contributed by atoms with Crippen LogP contribution in [0.1, 0.15) is 12.5 Å². The van der Waals surface area contributed by atoms with Crippen molar-refractivity contribution in [3.63, 3.8) is 0 Å². The van der Waals surface area contributed by atoms with Crippen LogP contribution in [-0.2, 0) is 11.3 Å². The smallest absolute Gasteiger partial charge is 0.233 e. The van der Waals surface area contributed by atoms with Crippen molar-refractivity contribution in [2.45, 2.75) is 23.6 Å². The zero-order valence-electron chi connectivity index (χ0n) is 12.4. The Hall–Kier alpha value is -1.72. The molecule has 0 aliphatic carbocycles. The number of amides is 1. The van der Waals surface area contributed by atoms with Gasteiger partial charge in [-0.1, -0.05) is 11.6 Å². The van der Waals surface area contributed by atoms with Gasteiger partial charge in [0.1, 0.15) is 0 Å². The van der Waals surface area contributed by atoms with Gasteiger partial charge in [0.05, 0.1) is 12.4 Å². The normalized spacial score (nSPS) is 11.8. The molecule has 4 nitrogen and oxygen atoms in total. The molecule has 22 heavy (non-hydrogen) atoms. The molecule has 1 atom stereocenters. The van der Waals surface area contributed by atoms with Crippen LogP contribution in [-0.4, -0.2) is 23.3 Å². The molecule has 0 aliphatic rings. The highest BCUT2D eigenvalue weighted by Gasteiger charge is 2.14. The van der Waals surface area contributed by atoms with Gasteiger partial charge in [-0.05, 0) is 42.8 Å². The van der Waals surface area contributed by atoms with Crippen LogP contribution < -0.4 is 10.1 Å². The van der Waals surface area contributed by atoms with Crippen LogP contribution in [0.15, 0.2) is 47.5 Å². The number of nitrogens with zero attached hydrogens (tertiary/aromatic N) is 1. The van der Waals surface area contributed by atoms with Gasteiger partial charge in [-0.2, -0.15) is 0 Å². The van der Waals surface area contributed by atoms with Crippen LogP contribution >= 0.6 is 23.4 Å². The molecule has 1 heterocycles. The van der Waals surface area contributed by atoms with Gasteiger partial charge in [-0.25, -0.2) is 4.98 Å². The molecule has 6 heteroatoms. The van der Waals surface area contributed by atoms with E-state index >= 15 is 0 Å². The van der Waals surface area contributed by atoms with E-state index in [1.165, 1.54) is 11.8 Å². The first kappa shape index (κ1) is 16.6. The summed E-state index contributed by atoms with van der Waals surface area (Å²) in [5.74, 6) is 0.520. The van der Waals surface area contributed by atoms with E-state index in [9.17, 15) is 4.79 Å². The van der Waals surface area contributed by atoms with Crippen LogP contribution in [0.25, 0.3) is 0 Å². The topological polar surface area (TPSA) is 51.2 Å². The highest BCUT2D eigenvalue weighted by Crippen LogP contribution is 2.24. The van der Waals surface area contributed by atoms with Crippen molar-refractivity contribution in [2.75, 3.05) is 7.11 Å². The summed E-state index contributed by atoms with van der Waals surface area (Å²) < 4.78 is 5.06. The zero-order valence-corrected chi connectivity index (χ0v) is 13.9. The van der Waals surface area contributed by atoms with Crippen LogP contribution in [0.2, 0.25) is 5.02 Å². The van der Waals surface area contributed by atoms with Crippen molar-refractivity contribution in [2.24, 2.45) is 0 Å². The standard InChI is InChI=1S/C16H17ClN2O2S/c1-11(22-14-5-3-13(17)4-6-14)16(20)19-10-12-7-8-18-15(9-12)21-2/h3-9,11H,10H2,1-2H3,(H,19,20). The number of rotatable bonds is 6. The maximum atomic E-state index is 12.1. The number of halogens is 1. The van der Waals surface area contributed by atoms with Crippen LogP contribution in [0.4, 0.5) is 0 Å². The highest BCUT2D eigenvalue weighted by atomic mass is 35.5. The molecule has 1 unspecified atom stereocenters. The van der Waals surface area contributed by atoms with Crippen molar-refractivity contribution in [1.29, 1.82) is 0 Å². The molecule has 1 aromatic heterocycles. The largest absolute Gasteiger partial charge is 0.481 e. The molecule has 2 aromatic rings. The van der Waals surface area contributed by atoms with E-state index < -0.39 is 0 Å². The van der Waals surface area contributed by atoms with Gasteiger partial charge in [0, 0.05) is 28.7 Å². The third-order valence-electron chi connectivity index (χ3n) is 2.97. The van der Waals surface area contributed by atoms with Crippen LogP contribution in [0.3, 0.4) is 0 Å². The molecule has 0 spiro atoms. The number of nitrogens with one attached hydrogen (secondary N) is 1. The van der Waals surface area contributed by atoms with E-state index in [1.807, 2.05) is 37.3 Å². The number of methoxy groups -OCH3 is 1. The average Bonchev–Trinajstić information content (AvgIpc) is 2.54. The molecule has 0 aliphatic heterocycles. The maximum Gasteiger partial charge on any atom is 0.233 e. The minimum Gasteiger partial charge on any atom is -0.481 e. The Morgan fingerprint density at radius 3 is 2.77 bits per heavy atom. The lowest BCUT2D eigenvalue weighted by Crippen LogP contribution is -2.30. The zero-order chi connectivity index (χ0) is 15.9. The number of thioether (sulfide) groups is 1. The number of benzene rings is 1. The highest BCUT2D eigenvalue weighted by molar-refractivity contribution is 8.00. The number of pyridine rings is 1. The summed E-state index contributed by atoms with van der Waals surface area (Å²) in [5.41, 5.74) is 0.948. The van der Waals surface area contributed by atoms with Gasteiger partial charge in [0.2, 0.25) is 11.8 Å². The lowest BCUT2D eigenvalue weighted by atomic mass is 10.2. The van der Waals surface area contributed by atoms with Gasteiger partial charge in [0.15, 0.2) is 0 Å². The van der Waals surface area contributed by atoms with Crippen molar-refractivity contribution >= 4 is 29.3 Å². The van der Waals surface area contributed by atoms with Crippen molar-refractivity contribution in [1.82, 2.24) is 10.3 Å². The second-order valence-electron chi connectivity index (χ2n) is 4.64. The number of carbonyl (C=O) groups excluding carboxylic acids is 1. The summed E-state index contributed by atoms with van der Waals surface area (Å²) in [6.45, 7) is 2.32. The predicted octanol–water partition coefficient (Wildman–Crippen LogP) is 3.54. The Kier molecular flexibility index (Phi) is 6.10. The summed E-state index contributed by atoms with van der Waals surface area (Å²) in [5, 5.41) is 3.41. The first-order valence-corrected chi connectivity index (χ1v) is 8.03. The average molecular weight is 337 g/mol. The molecule has 1 N–H and O–H groups in total. The molecule has 0 saturated carbocycles. The third-order valence-corrected chi connectivity index (χ3v) is 4.33. The van der Waals surface area contributed by atoms with E-state index in [0.717, 1.165) is 10.5 Å². The van der Waals surface area contributed by atoms with Gasteiger partial charge in [0.25, 0.3) is 0 Å². The number of aromatic nitrogens is 1. The fourth-order valence-electron chi connectivity index (χ4n) is 1.78. The summed E-state index contributed by atoms with van der Waals surface area (Å²) in [7, 11) is 1.57. The van der Waals surface area contributed by atoms with Gasteiger partial charge in [-0.3, -0.25) is 4.79 Å². The molecular formula is C16H17ClN2O2S. The Morgan fingerprint density at radius 2 is 2.09 bits per heavy atom. The second kappa shape index (κ2) is 8.06. The molecular weight excluding hydrogens is 320 g/mol. The van der Waals surface area contributed by atoms with E-state index in [2.05, 4.69) is 10.3 Å². The maximum absolute atomic E-state index is 12.1. The molecule has 0 radical (unpaired) electrons. The van der Waals surface area contributed by atoms with Gasteiger partial charge in [-0.15, -0.1) is 11.8 Å². The molecule has 1 amide bonds. The summed E-state index contributed by atoms with van der Waals surface area (Å²) in [6, 6.07) is 11.1.